The molecule has 0 bridgehead atoms. The van der Waals surface area contributed by atoms with Crippen molar-refractivity contribution in [1.82, 2.24) is 10.2 Å². The number of urea groups is 1. The van der Waals surface area contributed by atoms with E-state index in [4.69, 9.17) is 0 Å². The van der Waals surface area contributed by atoms with Gasteiger partial charge in [-0.05, 0) is 69.0 Å². The smallest absolute Gasteiger partial charge is 0.321 e. The Kier molecular flexibility index (Phi) is 4.39. The van der Waals surface area contributed by atoms with Crippen LogP contribution in [0.15, 0.2) is 24.3 Å². The fourth-order valence-electron chi connectivity index (χ4n) is 2.85. The number of hydrogen-bond acceptors (Lipinski definition) is 2. The van der Waals surface area contributed by atoms with Gasteiger partial charge in [-0.25, -0.2) is 9.18 Å². The first-order chi connectivity index (χ1) is 10.2. The maximum atomic E-state index is 12.9. The molecular weight excluding hydrogens is 269 g/mol. The predicted octanol–water partition coefficient (Wildman–Crippen LogP) is 2.82. The van der Waals surface area contributed by atoms with Crippen LogP contribution in [0.5, 0.6) is 0 Å². The summed E-state index contributed by atoms with van der Waals surface area (Å²) < 4.78 is 12.9. The van der Waals surface area contributed by atoms with Crippen molar-refractivity contribution in [3.8, 4) is 0 Å². The number of piperidine rings is 1. The van der Waals surface area contributed by atoms with E-state index in [0.29, 0.717) is 17.6 Å². The first-order valence-electron chi connectivity index (χ1n) is 7.76. The van der Waals surface area contributed by atoms with E-state index in [9.17, 15) is 9.18 Å². The standard InChI is InChI=1S/C16H22FN3O/c17-13-1-3-14(4-2-13)19-16(21)20(15-5-6-15)11-12-7-9-18-10-8-12/h1-4,12,15,18H,5-11H2,(H,19,21). The normalized spacial score (nSPS) is 19.3. The predicted molar refractivity (Wildman–Crippen MR) is 80.7 cm³/mol. The van der Waals surface area contributed by atoms with Gasteiger partial charge >= 0.3 is 6.03 Å². The zero-order valence-corrected chi connectivity index (χ0v) is 12.1. The summed E-state index contributed by atoms with van der Waals surface area (Å²) in [7, 11) is 0. The van der Waals surface area contributed by atoms with Crippen LogP contribution in [0.25, 0.3) is 0 Å². The SMILES string of the molecule is O=C(Nc1ccc(F)cc1)N(CC1CCNCC1)C1CC1. The minimum absolute atomic E-state index is 0.0531. The van der Waals surface area contributed by atoms with Crippen molar-refractivity contribution in [2.45, 2.75) is 31.7 Å². The summed E-state index contributed by atoms with van der Waals surface area (Å²) in [5, 5.41) is 6.24. The number of amides is 2. The monoisotopic (exact) mass is 291 g/mol. The summed E-state index contributed by atoms with van der Waals surface area (Å²) in [6.07, 6.45) is 4.46. The molecule has 5 heteroatoms. The number of rotatable bonds is 4. The van der Waals surface area contributed by atoms with Gasteiger partial charge in [0.15, 0.2) is 0 Å². The van der Waals surface area contributed by atoms with Gasteiger partial charge in [-0.15, -0.1) is 0 Å². The number of benzene rings is 1. The molecule has 1 aromatic rings. The topological polar surface area (TPSA) is 44.4 Å². The van der Waals surface area contributed by atoms with Crippen LogP contribution in [0.3, 0.4) is 0 Å². The average molecular weight is 291 g/mol. The lowest BCUT2D eigenvalue weighted by atomic mass is 9.97. The van der Waals surface area contributed by atoms with Gasteiger partial charge in [0.2, 0.25) is 0 Å². The molecule has 2 N–H and O–H groups in total. The van der Waals surface area contributed by atoms with Crippen molar-refractivity contribution < 1.29 is 9.18 Å². The Balaban J connectivity index is 1.60. The molecule has 0 radical (unpaired) electrons. The molecule has 0 spiro atoms. The number of carbonyl (C=O) groups excluding carboxylic acids is 1. The van der Waals surface area contributed by atoms with E-state index < -0.39 is 0 Å². The summed E-state index contributed by atoms with van der Waals surface area (Å²) in [5.41, 5.74) is 0.650. The van der Waals surface area contributed by atoms with Crippen molar-refractivity contribution >= 4 is 11.7 Å². The van der Waals surface area contributed by atoms with E-state index in [0.717, 1.165) is 45.3 Å². The van der Waals surface area contributed by atoms with Gasteiger partial charge in [-0.1, -0.05) is 0 Å². The van der Waals surface area contributed by atoms with Gasteiger partial charge in [0, 0.05) is 18.3 Å². The second-order valence-corrected chi connectivity index (χ2v) is 6.01. The second-order valence-electron chi connectivity index (χ2n) is 6.01. The number of anilines is 1. The zero-order valence-electron chi connectivity index (χ0n) is 12.1. The number of nitrogens with zero attached hydrogens (tertiary/aromatic N) is 1. The van der Waals surface area contributed by atoms with Crippen molar-refractivity contribution in [3.05, 3.63) is 30.1 Å². The maximum absolute atomic E-state index is 12.9. The zero-order chi connectivity index (χ0) is 14.7. The van der Waals surface area contributed by atoms with E-state index in [1.807, 2.05) is 4.90 Å². The lowest BCUT2D eigenvalue weighted by Gasteiger charge is -2.30. The van der Waals surface area contributed by atoms with E-state index in [1.165, 1.54) is 12.1 Å². The van der Waals surface area contributed by atoms with Crippen molar-refractivity contribution in [1.29, 1.82) is 0 Å². The molecular formula is C16H22FN3O. The highest BCUT2D eigenvalue weighted by atomic mass is 19.1. The molecule has 0 aromatic heterocycles. The molecule has 2 amide bonds. The first kappa shape index (κ1) is 14.3. The Morgan fingerprint density at radius 2 is 1.86 bits per heavy atom. The molecule has 2 fully saturated rings. The molecule has 1 aliphatic carbocycles. The van der Waals surface area contributed by atoms with E-state index >= 15 is 0 Å². The van der Waals surface area contributed by atoms with Crippen LogP contribution in [0, 0.1) is 11.7 Å². The van der Waals surface area contributed by atoms with Crippen molar-refractivity contribution in [2.24, 2.45) is 5.92 Å². The highest BCUT2D eigenvalue weighted by molar-refractivity contribution is 5.89. The lowest BCUT2D eigenvalue weighted by molar-refractivity contribution is 0.188. The van der Waals surface area contributed by atoms with Crippen molar-refractivity contribution in [3.63, 3.8) is 0 Å². The molecule has 0 atom stereocenters. The van der Waals surface area contributed by atoms with Crippen LogP contribution in [-0.2, 0) is 0 Å². The molecule has 4 nitrogen and oxygen atoms in total. The van der Waals surface area contributed by atoms with Gasteiger partial charge in [0.25, 0.3) is 0 Å². The molecule has 2 aliphatic rings. The van der Waals surface area contributed by atoms with Crippen LogP contribution >= 0.6 is 0 Å². The molecule has 1 aliphatic heterocycles. The third-order valence-corrected chi connectivity index (χ3v) is 4.26. The van der Waals surface area contributed by atoms with Gasteiger partial charge in [0.05, 0.1) is 0 Å². The Morgan fingerprint density at radius 1 is 1.19 bits per heavy atom. The molecule has 1 saturated carbocycles. The maximum Gasteiger partial charge on any atom is 0.322 e. The molecule has 1 heterocycles. The fraction of sp³-hybridized carbons (Fsp3) is 0.562. The number of nitrogens with one attached hydrogen (secondary N) is 2. The minimum Gasteiger partial charge on any atom is -0.321 e. The third-order valence-electron chi connectivity index (χ3n) is 4.26. The van der Waals surface area contributed by atoms with Gasteiger partial charge in [0.1, 0.15) is 5.82 Å². The van der Waals surface area contributed by atoms with E-state index in [2.05, 4.69) is 10.6 Å². The van der Waals surface area contributed by atoms with E-state index in [-0.39, 0.29) is 11.8 Å². The number of carbonyl (C=O) groups is 1. The Labute approximate surface area is 124 Å². The summed E-state index contributed by atoms with van der Waals surface area (Å²) in [4.78, 5) is 14.4. The van der Waals surface area contributed by atoms with Crippen LogP contribution < -0.4 is 10.6 Å². The molecule has 0 unspecified atom stereocenters. The van der Waals surface area contributed by atoms with Crippen LogP contribution in [0.2, 0.25) is 0 Å². The second kappa shape index (κ2) is 6.43. The summed E-state index contributed by atoms with van der Waals surface area (Å²) in [6.45, 7) is 2.92. The van der Waals surface area contributed by atoms with Crippen LogP contribution in [0.4, 0.5) is 14.9 Å². The highest BCUT2D eigenvalue weighted by Crippen LogP contribution is 2.29. The number of hydrogen-bond donors (Lipinski definition) is 2. The molecule has 3 rings (SSSR count). The first-order valence-corrected chi connectivity index (χ1v) is 7.76. The average Bonchev–Trinajstić information content (AvgIpc) is 3.33. The van der Waals surface area contributed by atoms with Crippen LogP contribution in [0.1, 0.15) is 25.7 Å². The molecule has 114 valence electrons. The van der Waals surface area contributed by atoms with Gasteiger partial charge in [-0.2, -0.15) is 0 Å². The Hall–Kier alpha value is -1.62. The van der Waals surface area contributed by atoms with E-state index in [1.54, 1.807) is 12.1 Å². The lowest BCUT2D eigenvalue weighted by Crippen LogP contribution is -2.42. The summed E-state index contributed by atoms with van der Waals surface area (Å²) >= 11 is 0. The molecule has 21 heavy (non-hydrogen) atoms. The fourth-order valence-corrected chi connectivity index (χ4v) is 2.85. The largest absolute Gasteiger partial charge is 0.322 e. The highest BCUT2D eigenvalue weighted by Gasteiger charge is 2.34. The van der Waals surface area contributed by atoms with Gasteiger partial charge < -0.3 is 15.5 Å². The number of halogens is 1. The van der Waals surface area contributed by atoms with Crippen LogP contribution in [-0.4, -0.2) is 36.6 Å². The Morgan fingerprint density at radius 3 is 2.48 bits per heavy atom. The minimum atomic E-state index is -0.290. The van der Waals surface area contributed by atoms with Gasteiger partial charge in [-0.3, -0.25) is 0 Å². The summed E-state index contributed by atoms with van der Waals surface area (Å²) in [6, 6.07) is 6.27. The molecule has 1 saturated heterocycles. The summed E-state index contributed by atoms with van der Waals surface area (Å²) in [5.74, 6) is 0.299. The van der Waals surface area contributed by atoms with Crippen molar-refractivity contribution in [2.75, 3.05) is 25.0 Å². The Bertz CT molecular complexity index is 481. The third kappa shape index (κ3) is 3.94. The quantitative estimate of drug-likeness (QED) is 0.896. The molecule has 1 aromatic carbocycles.